The largest absolute Gasteiger partial charge is 0.573 e. The van der Waals surface area contributed by atoms with Crippen molar-refractivity contribution in [1.82, 2.24) is 19.9 Å². The van der Waals surface area contributed by atoms with E-state index in [0.29, 0.717) is 16.5 Å². The van der Waals surface area contributed by atoms with E-state index in [1.807, 2.05) is 10.6 Å². The molecule has 32 heavy (non-hydrogen) atoms. The summed E-state index contributed by atoms with van der Waals surface area (Å²) in [5.41, 5.74) is 2.75. The Hall–Kier alpha value is -2.46. The molecule has 3 heterocycles. The van der Waals surface area contributed by atoms with Crippen LogP contribution in [0.2, 0.25) is 0 Å². The first-order chi connectivity index (χ1) is 15.3. The molecule has 1 fully saturated rings. The van der Waals surface area contributed by atoms with Crippen molar-refractivity contribution in [3.05, 3.63) is 47.8 Å². The summed E-state index contributed by atoms with van der Waals surface area (Å²) in [6, 6.07) is 8.06. The number of thioether (sulfide) groups is 1. The number of benzene rings is 1. The Morgan fingerprint density at radius 2 is 2.12 bits per heavy atom. The van der Waals surface area contributed by atoms with Crippen LogP contribution in [0.5, 0.6) is 5.75 Å². The molecule has 0 aliphatic carbocycles. The van der Waals surface area contributed by atoms with Crippen LogP contribution >= 0.6 is 11.8 Å². The maximum atomic E-state index is 12.8. The minimum atomic E-state index is -4.74. The fourth-order valence-electron chi connectivity index (χ4n) is 3.70. The number of piperidine rings is 1. The Bertz CT molecular complexity index is 1060. The van der Waals surface area contributed by atoms with E-state index in [1.165, 1.54) is 12.1 Å². The van der Waals surface area contributed by atoms with Gasteiger partial charge in [-0.05, 0) is 37.4 Å². The number of nitrogens with zero attached hydrogens (tertiary/aromatic N) is 3. The first kappa shape index (κ1) is 22.7. The number of halogens is 3. The van der Waals surface area contributed by atoms with Crippen LogP contribution in [-0.2, 0) is 6.54 Å². The third-order valence-corrected chi connectivity index (χ3v) is 6.45. The summed E-state index contributed by atoms with van der Waals surface area (Å²) in [6.45, 7) is 6.28. The molecule has 0 radical (unpaired) electrons. The average Bonchev–Trinajstić information content (AvgIpc) is 3.17. The van der Waals surface area contributed by atoms with Gasteiger partial charge in [0.25, 0.3) is 0 Å². The predicted octanol–water partition coefficient (Wildman–Crippen LogP) is 5.21. The molecule has 2 N–H and O–H groups in total. The first-order valence-corrected chi connectivity index (χ1v) is 11.5. The molecule has 0 bridgehead atoms. The maximum Gasteiger partial charge on any atom is 0.573 e. The van der Waals surface area contributed by atoms with Crippen LogP contribution in [0, 0.1) is 0 Å². The molecule has 0 amide bonds. The molecular weight excluding hydrogens is 439 g/mol. The highest BCUT2D eigenvalue weighted by Crippen LogP contribution is 2.32. The van der Waals surface area contributed by atoms with E-state index in [9.17, 15) is 13.2 Å². The fourth-order valence-corrected chi connectivity index (χ4v) is 4.84. The molecule has 1 atom stereocenters. The molecule has 1 aliphatic rings. The molecule has 172 valence electrons. The molecule has 1 unspecified atom stereocenters. The van der Waals surface area contributed by atoms with Crippen molar-refractivity contribution < 1.29 is 17.9 Å². The lowest BCUT2D eigenvalue weighted by Crippen LogP contribution is -2.31. The van der Waals surface area contributed by atoms with E-state index in [1.54, 1.807) is 30.1 Å². The second kappa shape index (κ2) is 9.58. The summed E-state index contributed by atoms with van der Waals surface area (Å²) in [5, 5.41) is 12.8. The zero-order valence-electron chi connectivity index (χ0n) is 17.9. The number of fused-ring (bicyclic) bond motifs is 1. The van der Waals surface area contributed by atoms with Gasteiger partial charge in [-0.25, -0.2) is 9.50 Å². The topological polar surface area (TPSA) is 63.5 Å². The lowest BCUT2D eigenvalue weighted by atomic mass is 10.1. The number of aromatic nitrogens is 3. The normalized spacial score (nSPS) is 17.1. The zero-order valence-corrected chi connectivity index (χ0v) is 18.8. The maximum absolute atomic E-state index is 12.8. The SMILES string of the molecule is CC(C)c1cnc2c(NCc3ccccc3OC(F)(F)F)cc(SC3CCCNC3)nn12. The van der Waals surface area contributed by atoms with Crippen LogP contribution in [0.25, 0.3) is 5.65 Å². The van der Waals surface area contributed by atoms with Crippen LogP contribution in [-0.4, -0.2) is 39.3 Å². The van der Waals surface area contributed by atoms with Gasteiger partial charge in [-0.2, -0.15) is 5.10 Å². The van der Waals surface area contributed by atoms with E-state index in [-0.39, 0.29) is 18.2 Å². The number of ether oxygens (including phenoxy) is 1. The van der Waals surface area contributed by atoms with E-state index < -0.39 is 6.36 Å². The van der Waals surface area contributed by atoms with Crippen LogP contribution in [0.4, 0.5) is 18.9 Å². The summed E-state index contributed by atoms with van der Waals surface area (Å²) in [7, 11) is 0. The van der Waals surface area contributed by atoms with Crippen molar-refractivity contribution in [1.29, 1.82) is 0 Å². The minimum Gasteiger partial charge on any atom is -0.405 e. The molecule has 1 aliphatic heterocycles. The van der Waals surface area contributed by atoms with Crippen molar-refractivity contribution in [2.24, 2.45) is 0 Å². The Morgan fingerprint density at radius 3 is 2.84 bits per heavy atom. The van der Waals surface area contributed by atoms with Crippen LogP contribution in [0.15, 0.2) is 41.6 Å². The number of hydrogen-bond donors (Lipinski definition) is 2. The van der Waals surface area contributed by atoms with Gasteiger partial charge in [0.1, 0.15) is 10.8 Å². The lowest BCUT2D eigenvalue weighted by Gasteiger charge is -2.22. The summed E-state index contributed by atoms with van der Waals surface area (Å²) in [6.07, 6.45) is -0.699. The highest BCUT2D eigenvalue weighted by atomic mass is 32.2. The highest BCUT2D eigenvalue weighted by molar-refractivity contribution is 7.99. The van der Waals surface area contributed by atoms with Gasteiger partial charge in [0, 0.05) is 23.9 Å². The van der Waals surface area contributed by atoms with Gasteiger partial charge in [0.15, 0.2) is 5.65 Å². The molecule has 2 aromatic heterocycles. The molecule has 0 saturated carbocycles. The lowest BCUT2D eigenvalue weighted by molar-refractivity contribution is -0.274. The molecule has 10 heteroatoms. The summed E-state index contributed by atoms with van der Waals surface area (Å²) in [5.74, 6) is 0.00882. The van der Waals surface area contributed by atoms with E-state index >= 15 is 0 Å². The van der Waals surface area contributed by atoms with Gasteiger partial charge in [0.05, 0.1) is 17.6 Å². The standard InChI is InChI=1S/C22H26F3N5OS/c1-14(2)18-13-28-21-17(10-20(29-30(18)21)32-16-7-5-9-26-12-16)27-11-15-6-3-4-8-19(15)31-22(23,24)25/h3-4,6,8,10,13-14,16,26-27H,5,7,9,11-12H2,1-2H3. The molecule has 0 spiro atoms. The first-order valence-electron chi connectivity index (χ1n) is 10.6. The van der Waals surface area contributed by atoms with Gasteiger partial charge >= 0.3 is 6.36 Å². The Labute approximate surface area is 188 Å². The predicted molar refractivity (Wildman–Crippen MR) is 119 cm³/mol. The van der Waals surface area contributed by atoms with E-state index in [4.69, 9.17) is 5.10 Å². The molecule has 6 nitrogen and oxygen atoms in total. The molecular formula is C22H26F3N5OS. The smallest absolute Gasteiger partial charge is 0.405 e. The van der Waals surface area contributed by atoms with Crippen LogP contribution in [0.3, 0.4) is 0 Å². The molecule has 1 saturated heterocycles. The van der Waals surface area contributed by atoms with Crippen molar-refractivity contribution in [2.45, 2.75) is 55.8 Å². The molecule has 4 rings (SSSR count). The van der Waals surface area contributed by atoms with Crippen molar-refractivity contribution >= 4 is 23.1 Å². The van der Waals surface area contributed by atoms with Crippen LogP contribution in [0.1, 0.15) is 43.9 Å². The minimum absolute atomic E-state index is 0.158. The third-order valence-electron chi connectivity index (χ3n) is 5.27. The van der Waals surface area contributed by atoms with Gasteiger partial charge in [-0.1, -0.05) is 43.8 Å². The summed E-state index contributed by atoms with van der Waals surface area (Å²) < 4.78 is 44.3. The van der Waals surface area contributed by atoms with Crippen molar-refractivity contribution in [3.63, 3.8) is 0 Å². The zero-order chi connectivity index (χ0) is 22.7. The second-order valence-corrected chi connectivity index (χ2v) is 9.39. The van der Waals surface area contributed by atoms with Crippen molar-refractivity contribution in [2.75, 3.05) is 18.4 Å². The fraction of sp³-hybridized carbons (Fsp3) is 0.455. The summed E-state index contributed by atoms with van der Waals surface area (Å²) in [4.78, 5) is 4.53. The highest BCUT2D eigenvalue weighted by Gasteiger charge is 2.32. The molecule has 3 aromatic rings. The number of alkyl halides is 3. The van der Waals surface area contributed by atoms with Crippen molar-refractivity contribution in [3.8, 4) is 5.75 Å². The number of anilines is 1. The van der Waals surface area contributed by atoms with Crippen LogP contribution < -0.4 is 15.4 Å². The van der Waals surface area contributed by atoms with E-state index in [0.717, 1.165) is 42.3 Å². The molecule has 1 aromatic carbocycles. The number of nitrogens with one attached hydrogen (secondary N) is 2. The quantitative estimate of drug-likeness (QED) is 0.500. The Morgan fingerprint density at radius 1 is 1.31 bits per heavy atom. The number of para-hydroxylation sites is 1. The van der Waals surface area contributed by atoms with Gasteiger partial charge in [-0.15, -0.1) is 13.2 Å². The number of hydrogen-bond acceptors (Lipinski definition) is 6. The Balaban J connectivity index is 1.63. The van der Waals surface area contributed by atoms with Gasteiger partial charge < -0.3 is 15.4 Å². The van der Waals surface area contributed by atoms with Gasteiger partial charge in [-0.3, -0.25) is 0 Å². The second-order valence-electron chi connectivity index (χ2n) is 8.06. The Kier molecular flexibility index (Phi) is 6.80. The number of rotatable bonds is 7. The van der Waals surface area contributed by atoms with Gasteiger partial charge in [0.2, 0.25) is 0 Å². The average molecular weight is 466 g/mol. The third kappa shape index (κ3) is 5.47. The summed E-state index contributed by atoms with van der Waals surface area (Å²) >= 11 is 1.71. The monoisotopic (exact) mass is 465 g/mol. The number of imidazole rings is 1. The van der Waals surface area contributed by atoms with E-state index in [2.05, 4.69) is 34.2 Å².